The molecule has 0 aliphatic rings. The van der Waals surface area contributed by atoms with Gasteiger partial charge in [-0.3, -0.25) is 19.6 Å². The van der Waals surface area contributed by atoms with E-state index in [-0.39, 0.29) is 11.1 Å². The van der Waals surface area contributed by atoms with E-state index in [0.29, 0.717) is 10.2 Å². The molecule has 29 heavy (non-hydrogen) atoms. The monoisotopic (exact) mass is 457 g/mol. The third kappa shape index (κ3) is 4.16. The normalized spacial score (nSPS) is 11.0. The van der Waals surface area contributed by atoms with E-state index >= 15 is 0 Å². The molecule has 0 radical (unpaired) electrons. The van der Waals surface area contributed by atoms with Crippen molar-refractivity contribution in [1.29, 1.82) is 0 Å². The van der Waals surface area contributed by atoms with Crippen molar-refractivity contribution in [2.24, 2.45) is 5.10 Å². The Kier molecular flexibility index (Phi) is 5.74. The van der Waals surface area contributed by atoms with Crippen LogP contribution in [-0.2, 0) is 0 Å². The molecular weight excluding hydrogens is 442 g/mol. The minimum atomic E-state index is -0.844. The lowest BCUT2D eigenvalue weighted by atomic mass is 10.1. The number of aromatic hydroxyl groups is 1. The van der Waals surface area contributed by atoms with Gasteiger partial charge in [0.2, 0.25) is 5.88 Å². The number of aromatic amines is 1. The molecule has 3 aromatic rings. The van der Waals surface area contributed by atoms with Gasteiger partial charge in [0.15, 0.2) is 0 Å². The summed E-state index contributed by atoms with van der Waals surface area (Å²) in [6.45, 7) is 3.76. The van der Waals surface area contributed by atoms with Crippen molar-refractivity contribution in [2.75, 3.05) is 0 Å². The van der Waals surface area contributed by atoms with Gasteiger partial charge in [0.25, 0.3) is 11.5 Å². The van der Waals surface area contributed by atoms with Crippen LogP contribution < -0.4 is 16.7 Å². The SMILES string of the molecule is Cc1cc(Br)c(-n2c(O)c(C=NNC(=O)c3cccnc3)c(=O)[nH]c2=O)cc1C. The third-order valence-electron chi connectivity index (χ3n) is 4.21. The number of carbonyl (C=O) groups is 1. The number of nitrogens with one attached hydrogen (secondary N) is 2. The highest BCUT2D eigenvalue weighted by molar-refractivity contribution is 9.10. The highest BCUT2D eigenvalue weighted by atomic mass is 79.9. The van der Waals surface area contributed by atoms with Crippen LogP contribution in [0.25, 0.3) is 5.69 Å². The van der Waals surface area contributed by atoms with Crippen molar-refractivity contribution in [3.63, 3.8) is 0 Å². The molecule has 10 heteroatoms. The van der Waals surface area contributed by atoms with Crippen LogP contribution in [-0.4, -0.2) is 31.8 Å². The van der Waals surface area contributed by atoms with Crippen LogP contribution in [0, 0.1) is 13.8 Å². The molecule has 3 rings (SSSR count). The van der Waals surface area contributed by atoms with Gasteiger partial charge in [-0.25, -0.2) is 14.8 Å². The van der Waals surface area contributed by atoms with Crippen LogP contribution >= 0.6 is 15.9 Å². The Labute approximate surface area is 172 Å². The number of H-pyrrole nitrogens is 1. The lowest BCUT2D eigenvalue weighted by Crippen LogP contribution is -2.32. The van der Waals surface area contributed by atoms with Crippen molar-refractivity contribution in [2.45, 2.75) is 13.8 Å². The third-order valence-corrected chi connectivity index (χ3v) is 4.84. The topological polar surface area (TPSA) is 129 Å². The second-order valence-corrected chi connectivity index (χ2v) is 7.02. The number of carbonyl (C=O) groups excluding carboxylic acids is 1. The van der Waals surface area contributed by atoms with Crippen LogP contribution in [0.3, 0.4) is 0 Å². The van der Waals surface area contributed by atoms with E-state index in [4.69, 9.17) is 0 Å². The molecular formula is C19H16BrN5O4. The molecule has 0 saturated carbocycles. The first-order chi connectivity index (χ1) is 13.8. The standard InChI is InChI=1S/C19H16BrN5O4/c1-10-6-14(20)15(7-11(10)2)25-18(28)13(17(27)23-19(25)29)9-22-24-16(26)12-4-3-5-21-8-12/h3-9,28H,1-2H3,(H,24,26)(H,23,27,29). The highest BCUT2D eigenvalue weighted by Crippen LogP contribution is 2.26. The Bertz CT molecular complexity index is 1230. The van der Waals surface area contributed by atoms with Crippen LogP contribution in [0.15, 0.2) is 55.8 Å². The summed E-state index contributed by atoms with van der Waals surface area (Å²) in [6, 6.07) is 6.62. The molecule has 0 aliphatic carbocycles. The Balaban J connectivity index is 2.00. The van der Waals surface area contributed by atoms with E-state index in [1.165, 1.54) is 12.4 Å². The first kappa shape index (κ1) is 20.2. The summed E-state index contributed by atoms with van der Waals surface area (Å²) in [5.41, 5.74) is 2.78. The van der Waals surface area contributed by atoms with Crippen LogP contribution in [0.1, 0.15) is 27.0 Å². The molecule has 0 bridgehead atoms. The predicted octanol–water partition coefficient (Wildman–Crippen LogP) is 1.77. The van der Waals surface area contributed by atoms with Crippen LogP contribution in [0.5, 0.6) is 5.88 Å². The molecule has 2 heterocycles. The van der Waals surface area contributed by atoms with E-state index < -0.39 is 23.0 Å². The molecule has 0 atom stereocenters. The number of halogens is 1. The van der Waals surface area contributed by atoms with Crippen molar-refractivity contribution in [3.8, 4) is 11.6 Å². The molecule has 2 aromatic heterocycles. The van der Waals surface area contributed by atoms with E-state index in [9.17, 15) is 19.5 Å². The Morgan fingerprint density at radius 2 is 2.03 bits per heavy atom. The fourth-order valence-electron chi connectivity index (χ4n) is 2.53. The first-order valence-corrected chi connectivity index (χ1v) is 9.17. The molecule has 0 unspecified atom stereocenters. The summed E-state index contributed by atoms with van der Waals surface area (Å²) in [5, 5.41) is 14.3. The van der Waals surface area contributed by atoms with Gasteiger partial charge in [-0.15, -0.1) is 0 Å². The lowest BCUT2D eigenvalue weighted by molar-refractivity contribution is 0.0954. The van der Waals surface area contributed by atoms with Gasteiger partial charge in [-0.05, 0) is 65.2 Å². The molecule has 0 saturated heterocycles. The average molecular weight is 458 g/mol. The first-order valence-electron chi connectivity index (χ1n) is 8.38. The molecule has 148 valence electrons. The smallest absolute Gasteiger partial charge is 0.335 e. The minimum Gasteiger partial charge on any atom is -0.493 e. The largest absolute Gasteiger partial charge is 0.493 e. The second-order valence-electron chi connectivity index (χ2n) is 6.16. The minimum absolute atomic E-state index is 0.270. The fourth-order valence-corrected chi connectivity index (χ4v) is 3.17. The van der Waals surface area contributed by atoms with Gasteiger partial charge in [0, 0.05) is 16.9 Å². The number of hydrogen-bond acceptors (Lipinski definition) is 6. The number of nitrogens with zero attached hydrogens (tertiary/aromatic N) is 3. The Morgan fingerprint density at radius 1 is 1.31 bits per heavy atom. The lowest BCUT2D eigenvalue weighted by Gasteiger charge is -2.13. The number of aryl methyl sites for hydroxylation is 2. The van der Waals surface area contributed by atoms with Crippen LogP contribution in [0.4, 0.5) is 0 Å². The summed E-state index contributed by atoms with van der Waals surface area (Å²) in [4.78, 5) is 42.4. The molecule has 0 aliphatic heterocycles. The van der Waals surface area contributed by atoms with E-state index in [1.807, 2.05) is 13.8 Å². The van der Waals surface area contributed by atoms with Gasteiger partial charge >= 0.3 is 5.69 Å². The molecule has 1 amide bonds. The second kappa shape index (κ2) is 8.23. The van der Waals surface area contributed by atoms with Gasteiger partial charge in [-0.2, -0.15) is 5.10 Å². The van der Waals surface area contributed by atoms with E-state index in [2.05, 4.69) is 36.4 Å². The zero-order valence-corrected chi connectivity index (χ0v) is 17.0. The summed E-state index contributed by atoms with van der Waals surface area (Å²) in [5.74, 6) is -1.16. The average Bonchev–Trinajstić information content (AvgIpc) is 2.68. The number of hydrazone groups is 1. The Morgan fingerprint density at radius 3 is 2.72 bits per heavy atom. The zero-order chi connectivity index (χ0) is 21.1. The quantitative estimate of drug-likeness (QED) is 0.406. The number of aromatic nitrogens is 3. The van der Waals surface area contributed by atoms with Gasteiger partial charge in [0.1, 0.15) is 5.56 Å². The molecule has 0 fully saturated rings. The molecule has 3 N–H and O–H groups in total. The van der Waals surface area contributed by atoms with Crippen LogP contribution in [0.2, 0.25) is 0 Å². The van der Waals surface area contributed by atoms with Crippen molar-refractivity contribution < 1.29 is 9.90 Å². The molecule has 9 nitrogen and oxygen atoms in total. The zero-order valence-electron chi connectivity index (χ0n) is 15.4. The maximum absolute atomic E-state index is 12.3. The summed E-state index contributed by atoms with van der Waals surface area (Å²) < 4.78 is 1.50. The van der Waals surface area contributed by atoms with Crippen molar-refractivity contribution in [1.82, 2.24) is 20.0 Å². The molecule has 0 spiro atoms. The number of hydrogen-bond donors (Lipinski definition) is 3. The van der Waals surface area contributed by atoms with Gasteiger partial charge < -0.3 is 5.11 Å². The number of benzene rings is 1. The number of pyridine rings is 1. The van der Waals surface area contributed by atoms with E-state index in [0.717, 1.165) is 21.9 Å². The fraction of sp³-hybridized carbons (Fsp3) is 0.105. The van der Waals surface area contributed by atoms with Gasteiger partial charge in [-0.1, -0.05) is 0 Å². The summed E-state index contributed by atoms with van der Waals surface area (Å²) in [6.07, 6.45) is 3.84. The van der Waals surface area contributed by atoms with E-state index in [1.54, 1.807) is 24.3 Å². The maximum Gasteiger partial charge on any atom is 0.335 e. The number of rotatable bonds is 4. The molecule has 1 aromatic carbocycles. The Hall–Kier alpha value is -3.53. The summed E-state index contributed by atoms with van der Waals surface area (Å²) in [7, 11) is 0. The highest BCUT2D eigenvalue weighted by Gasteiger charge is 2.17. The number of amides is 1. The van der Waals surface area contributed by atoms with Crippen molar-refractivity contribution in [3.05, 3.63) is 84.2 Å². The predicted molar refractivity (Wildman–Crippen MR) is 111 cm³/mol. The maximum atomic E-state index is 12.3. The van der Waals surface area contributed by atoms with Crippen molar-refractivity contribution >= 4 is 28.1 Å². The summed E-state index contributed by atoms with van der Waals surface area (Å²) >= 11 is 3.37. The van der Waals surface area contributed by atoms with Gasteiger partial charge in [0.05, 0.1) is 17.5 Å².